The standard InChI is InChI=1S/C14H22BrNOS/c1-4-16(5-2)8-9-18-14-7-6-12(11(3)17)10-13(14)15/h6-7,10-11,17H,4-5,8-9H2,1-3H3/t11-/m1/s1. The van der Waals surface area contributed by atoms with Gasteiger partial charge < -0.3 is 10.0 Å². The number of benzene rings is 1. The Balaban J connectivity index is 2.53. The minimum Gasteiger partial charge on any atom is -0.389 e. The maximum Gasteiger partial charge on any atom is 0.0762 e. The Morgan fingerprint density at radius 1 is 1.33 bits per heavy atom. The van der Waals surface area contributed by atoms with Crippen LogP contribution in [0.2, 0.25) is 0 Å². The van der Waals surface area contributed by atoms with Crippen molar-refractivity contribution in [3.63, 3.8) is 0 Å². The molecule has 0 spiro atoms. The molecule has 1 aromatic rings. The Hall–Kier alpha value is -0.0300. The van der Waals surface area contributed by atoms with Gasteiger partial charge in [-0.2, -0.15) is 0 Å². The molecule has 0 saturated heterocycles. The van der Waals surface area contributed by atoms with E-state index in [4.69, 9.17) is 0 Å². The van der Waals surface area contributed by atoms with Crippen LogP contribution < -0.4 is 0 Å². The molecule has 1 aromatic carbocycles. The zero-order valence-electron chi connectivity index (χ0n) is 11.3. The second kappa shape index (κ2) is 8.20. The highest BCUT2D eigenvalue weighted by molar-refractivity contribution is 9.10. The fourth-order valence-corrected chi connectivity index (χ4v) is 3.39. The van der Waals surface area contributed by atoms with Crippen molar-refractivity contribution < 1.29 is 5.11 Å². The molecule has 0 aliphatic carbocycles. The monoisotopic (exact) mass is 331 g/mol. The third-order valence-electron chi connectivity index (χ3n) is 3.00. The number of rotatable bonds is 7. The maximum absolute atomic E-state index is 9.52. The summed E-state index contributed by atoms with van der Waals surface area (Å²) >= 11 is 5.43. The van der Waals surface area contributed by atoms with Crippen LogP contribution in [0.3, 0.4) is 0 Å². The molecule has 0 aliphatic rings. The quantitative estimate of drug-likeness (QED) is 0.765. The van der Waals surface area contributed by atoms with Gasteiger partial charge in [0.1, 0.15) is 0 Å². The van der Waals surface area contributed by atoms with Crippen molar-refractivity contribution >= 4 is 27.7 Å². The molecule has 1 atom stereocenters. The lowest BCUT2D eigenvalue weighted by molar-refractivity contribution is 0.199. The van der Waals surface area contributed by atoms with Gasteiger partial charge in [0.15, 0.2) is 0 Å². The summed E-state index contributed by atoms with van der Waals surface area (Å²) in [6.07, 6.45) is -0.406. The lowest BCUT2D eigenvalue weighted by atomic mass is 10.1. The number of aliphatic hydroxyl groups is 1. The van der Waals surface area contributed by atoms with Crippen LogP contribution >= 0.6 is 27.7 Å². The first-order valence-electron chi connectivity index (χ1n) is 6.41. The lowest BCUT2D eigenvalue weighted by Gasteiger charge is -2.17. The topological polar surface area (TPSA) is 23.5 Å². The summed E-state index contributed by atoms with van der Waals surface area (Å²) in [4.78, 5) is 3.66. The summed E-state index contributed by atoms with van der Waals surface area (Å²) < 4.78 is 1.07. The van der Waals surface area contributed by atoms with Crippen molar-refractivity contribution in [2.75, 3.05) is 25.4 Å². The van der Waals surface area contributed by atoms with Crippen LogP contribution in [0.5, 0.6) is 0 Å². The van der Waals surface area contributed by atoms with Crippen molar-refractivity contribution in [2.24, 2.45) is 0 Å². The van der Waals surface area contributed by atoms with E-state index in [1.807, 2.05) is 23.9 Å². The summed E-state index contributed by atoms with van der Waals surface area (Å²) in [6.45, 7) is 9.51. The Morgan fingerprint density at radius 3 is 2.50 bits per heavy atom. The highest BCUT2D eigenvalue weighted by atomic mass is 79.9. The first kappa shape index (κ1) is 16.0. The largest absolute Gasteiger partial charge is 0.389 e. The van der Waals surface area contributed by atoms with Gasteiger partial charge in [0.2, 0.25) is 0 Å². The van der Waals surface area contributed by atoms with Crippen LogP contribution in [-0.4, -0.2) is 35.4 Å². The van der Waals surface area contributed by atoms with Crippen molar-refractivity contribution in [1.82, 2.24) is 4.90 Å². The normalized spacial score (nSPS) is 13.0. The van der Waals surface area contributed by atoms with Gasteiger partial charge in [0, 0.05) is 21.7 Å². The zero-order chi connectivity index (χ0) is 13.5. The van der Waals surface area contributed by atoms with Crippen LogP contribution in [0.25, 0.3) is 0 Å². The van der Waals surface area contributed by atoms with Crippen LogP contribution in [0.4, 0.5) is 0 Å². The van der Waals surface area contributed by atoms with E-state index in [9.17, 15) is 5.11 Å². The molecule has 0 heterocycles. The van der Waals surface area contributed by atoms with Crippen LogP contribution in [0.1, 0.15) is 32.4 Å². The van der Waals surface area contributed by atoms with E-state index in [0.717, 1.165) is 35.4 Å². The number of aliphatic hydroxyl groups excluding tert-OH is 1. The van der Waals surface area contributed by atoms with Gasteiger partial charge in [0.05, 0.1) is 6.10 Å². The molecular formula is C14H22BrNOS. The number of nitrogens with zero attached hydrogens (tertiary/aromatic N) is 1. The Kier molecular flexibility index (Phi) is 7.30. The van der Waals surface area contributed by atoms with Gasteiger partial charge in [0.25, 0.3) is 0 Å². The van der Waals surface area contributed by atoms with Crippen LogP contribution in [0, 0.1) is 0 Å². The number of hydrogen-bond acceptors (Lipinski definition) is 3. The number of hydrogen-bond donors (Lipinski definition) is 1. The van der Waals surface area contributed by atoms with Gasteiger partial charge in [-0.15, -0.1) is 11.8 Å². The SMILES string of the molecule is CCN(CC)CCSc1ccc([C@@H](C)O)cc1Br. The summed E-state index contributed by atoms with van der Waals surface area (Å²) in [5, 5.41) is 9.52. The first-order valence-corrected chi connectivity index (χ1v) is 8.19. The highest BCUT2D eigenvalue weighted by Crippen LogP contribution is 2.30. The molecule has 0 aliphatic heterocycles. The molecule has 2 nitrogen and oxygen atoms in total. The van der Waals surface area contributed by atoms with Crippen molar-refractivity contribution in [3.05, 3.63) is 28.2 Å². The predicted molar refractivity (Wildman–Crippen MR) is 83.3 cm³/mol. The van der Waals surface area contributed by atoms with E-state index >= 15 is 0 Å². The third-order valence-corrected chi connectivity index (χ3v) is 4.97. The first-order chi connectivity index (χ1) is 8.58. The second-order valence-electron chi connectivity index (χ2n) is 4.24. The summed E-state index contributed by atoms with van der Waals surface area (Å²) in [5.41, 5.74) is 0.954. The molecule has 0 amide bonds. The fraction of sp³-hybridized carbons (Fsp3) is 0.571. The van der Waals surface area contributed by atoms with Gasteiger partial charge in [-0.05, 0) is 53.6 Å². The zero-order valence-corrected chi connectivity index (χ0v) is 13.7. The number of halogens is 1. The minimum absolute atomic E-state index is 0.406. The molecule has 102 valence electrons. The van der Waals surface area contributed by atoms with E-state index in [-0.39, 0.29) is 0 Å². The van der Waals surface area contributed by atoms with E-state index in [2.05, 4.69) is 40.7 Å². The van der Waals surface area contributed by atoms with Gasteiger partial charge >= 0.3 is 0 Å². The Morgan fingerprint density at radius 2 is 2.00 bits per heavy atom. The molecule has 0 unspecified atom stereocenters. The van der Waals surface area contributed by atoms with E-state index in [1.165, 1.54) is 4.90 Å². The van der Waals surface area contributed by atoms with Gasteiger partial charge in [-0.25, -0.2) is 0 Å². The van der Waals surface area contributed by atoms with E-state index in [0.29, 0.717) is 0 Å². The smallest absolute Gasteiger partial charge is 0.0762 e. The Bertz CT molecular complexity index is 367. The van der Waals surface area contributed by atoms with Crippen molar-refractivity contribution in [2.45, 2.75) is 31.8 Å². The third kappa shape index (κ3) is 4.92. The summed E-state index contributed by atoms with van der Waals surface area (Å²) in [6, 6.07) is 6.08. The highest BCUT2D eigenvalue weighted by Gasteiger charge is 2.06. The van der Waals surface area contributed by atoms with E-state index in [1.54, 1.807) is 6.92 Å². The van der Waals surface area contributed by atoms with Crippen LogP contribution in [-0.2, 0) is 0 Å². The van der Waals surface area contributed by atoms with Crippen molar-refractivity contribution in [3.8, 4) is 0 Å². The Labute approximate surface area is 123 Å². The molecule has 0 aromatic heterocycles. The molecule has 0 fully saturated rings. The van der Waals surface area contributed by atoms with E-state index < -0.39 is 6.10 Å². The predicted octanol–water partition coefficient (Wildman–Crippen LogP) is 3.94. The molecular weight excluding hydrogens is 310 g/mol. The van der Waals surface area contributed by atoms with Gasteiger partial charge in [-0.3, -0.25) is 0 Å². The molecule has 0 saturated carbocycles. The molecule has 0 bridgehead atoms. The second-order valence-corrected chi connectivity index (χ2v) is 6.23. The molecule has 18 heavy (non-hydrogen) atoms. The fourth-order valence-electron chi connectivity index (χ4n) is 1.72. The summed E-state index contributed by atoms with van der Waals surface area (Å²) in [7, 11) is 0. The van der Waals surface area contributed by atoms with Gasteiger partial charge in [-0.1, -0.05) is 19.9 Å². The molecule has 4 heteroatoms. The number of thioether (sulfide) groups is 1. The van der Waals surface area contributed by atoms with Crippen LogP contribution in [0.15, 0.2) is 27.6 Å². The minimum atomic E-state index is -0.406. The average molecular weight is 332 g/mol. The average Bonchev–Trinajstić information content (AvgIpc) is 2.36. The summed E-state index contributed by atoms with van der Waals surface area (Å²) in [5.74, 6) is 1.09. The molecule has 1 N–H and O–H groups in total. The molecule has 0 radical (unpaired) electrons. The lowest BCUT2D eigenvalue weighted by Crippen LogP contribution is -2.25. The maximum atomic E-state index is 9.52. The molecule has 1 rings (SSSR count). The van der Waals surface area contributed by atoms with Crippen molar-refractivity contribution in [1.29, 1.82) is 0 Å².